The molecule has 2 heterocycles. The number of rotatable bonds is 4. The molecule has 1 spiro atoms. The van der Waals surface area contributed by atoms with Gasteiger partial charge in [-0.3, -0.25) is 4.79 Å². The number of halogens is 1. The van der Waals surface area contributed by atoms with Crippen molar-refractivity contribution < 1.29 is 9.18 Å². The number of piperidine rings is 1. The van der Waals surface area contributed by atoms with Crippen LogP contribution in [0.5, 0.6) is 0 Å². The summed E-state index contributed by atoms with van der Waals surface area (Å²) in [7, 11) is 3.59. The van der Waals surface area contributed by atoms with Gasteiger partial charge in [-0.15, -0.1) is 0 Å². The summed E-state index contributed by atoms with van der Waals surface area (Å²) in [5.41, 5.74) is 2.15. The highest BCUT2D eigenvalue weighted by Crippen LogP contribution is 2.48. The summed E-state index contributed by atoms with van der Waals surface area (Å²) in [6.45, 7) is 4.55. The summed E-state index contributed by atoms with van der Waals surface area (Å²) >= 11 is 0. The molecule has 1 amide bonds. The van der Waals surface area contributed by atoms with Gasteiger partial charge in [-0.05, 0) is 80.3 Å². The van der Waals surface area contributed by atoms with E-state index in [4.69, 9.17) is 0 Å². The molecule has 2 bridgehead atoms. The molecule has 1 aromatic rings. The minimum atomic E-state index is -0.167. The fourth-order valence-corrected chi connectivity index (χ4v) is 6.22. The van der Waals surface area contributed by atoms with Gasteiger partial charge in [0, 0.05) is 38.3 Å². The number of likely N-dealkylation sites (N-methyl/N-ethyl adjacent to an activating group) is 1. The zero-order valence-electron chi connectivity index (χ0n) is 17.6. The van der Waals surface area contributed by atoms with E-state index in [1.165, 1.54) is 25.5 Å². The maximum atomic E-state index is 14.1. The third-order valence-electron chi connectivity index (χ3n) is 7.91. The van der Waals surface area contributed by atoms with Gasteiger partial charge in [-0.1, -0.05) is 12.2 Å². The van der Waals surface area contributed by atoms with Crippen LogP contribution in [-0.2, 0) is 10.2 Å². The van der Waals surface area contributed by atoms with Gasteiger partial charge in [0.1, 0.15) is 5.82 Å². The van der Waals surface area contributed by atoms with Gasteiger partial charge in [-0.2, -0.15) is 0 Å². The van der Waals surface area contributed by atoms with Crippen LogP contribution < -0.4 is 4.90 Å². The first-order chi connectivity index (χ1) is 13.9. The number of anilines is 1. The van der Waals surface area contributed by atoms with Crippen LogP contribution in [0.25, 0.3) is 0 Å². The molecule has 1 saturated heterocycles. The Balaban J connectivity index is 1.30. The van der Waals surface area contributed by atoms with Crippen LogP contribution in [0.2, 0.25) is 0 Å². The Bertz CT molecular complexity index is 827. The van der Waals surface area contributed by atoms with Crippen molar-refractivity contribution in [2.24, 2.45) is 17.8 Å². The third-order valence-corrected chi connectivity index (χ3v) is 7.91. The molecule has 29 heavy (non-hydrogen) atoms. The first-order valence-electron chi connectivity index (χ1n) is 11.1. The molecular weight excluding hydrogens is 365 g/mol. The Morgan fingerprint density at radius 1 is 1.21 bits per heavy atom. The second-order valence-corrected chi connectivity index (χ2v) is 9.93. The molecule has 156 valence electrons. The molecule has 0 aromatic heterocycles. The van der Waals surface area contributed by atoms with Crippen LogP contribution >= 0.6 is 0 Å². The van der Waals surface area contributed by atoms with Crippen LogP contribution in [-0.4, -0.2) is 62.5 Å². The number of nitrogens with zero attached hydrogens (tertiary/aromatic N) is 3. The highest BCUT2D eigenvalue weighted by molar-refractivity contribution is 5.82. The van der Waals surface area contributed by atoms with Crippen molar-refractivity contribution in [3.05, 3.63) is 41.7 Å². The summed E-state index contributed by atoms with van der Waals surface area (Å²) in [5, 5.41) is 0. The predicted molar refractivity (Wildman–Crippen MR) is 114 cm³/mol. The molecule has 4 aliphatic rings. The molecule has 5 heteroatoms. The highest BCUT2D eigenvalue weighted by Gasteiger charge is 2.46. The zero-order valence-corrected chi connectivity index (χ0v) is 17.6. The smallest absolute Gasteiger partial charge is 0.241 e. The fourth-order valence-electron chi connectivity index (χ4n) is 6.22. The van der Waals surface area contributed by atoms with E-state index in [1.54, 1.807) is 25.1 Å². The fraction of sp³-hybridized carbons (Fsp3) is 0.625. The van der Waals surface area contributed by atoms with Gasteiger partial charge in [-0.25, -0.2) is 4.39 Å². The summed E-state index contributed by atoms with van der Waals surface area (Å²) in [6.07, 6.45) is 9.68. The number of fused-ring (bicyclic) bond motifs is 4. The summed E-state index contributed by atoms with van der Waals surface area (Å²) in [5.74, 6) is 2.37. The minimum absolute atomic E-state index is 0.0187. The Morgan fingerprint density at radius 2 is 2.00 bits per heavy atom. The van der Waals surface area contributed by atoms with E-state index in [9.17, 15) is 9.18 Å². The molecule has 0 N–H and O–H groups in total. The van der Waals surface area contributed by atoms with Gasteiger partial charge in [0.05, 0.1) is 6.54 Å². The standard InChI is InChI=1S/C24H32FN3O/c1-26(2)23(29)15-28-16-24(21-13-20(25)5-6-22(21)28)7-9-27(10-8-24)14-19-12-17-3-4-18(19)11-17/h3-6,13,17-19H,7-12,14-16H2,1-2H3/t17-,18-,19-/m0/s1. The van der Waals surface area contributed by atoms with Crippen LogP contribution in [0.3, 0.4) is 0 Å². The van der Waals surface area contributed by atoms with E-state index in [0.717, 1.165) is 61.5 Å². The van der Waals surface area contributed by atoms with Gasteiger partial charge >= 0.3 is 0 Å². The van der Waals surface area contributed by atoms with Crippen molar-refractivity contribution in [3.63, 3.8) is 0 Å². The average Bonchev–Trinajstić information content (AvgIpc) is 3.38. The van der Waals surface area contributed by atoms with Crippen LogP contribution in [0.1, 0.15) is 31.2 Å². The summed E-state index contributed by atoms with van der Waals surface area (Å²) in [4.78, 5) is 18.8. The lowest BCUT2D eigenvalue weighted by molar-refractivity contribution is -0.127. The van der Waals surface area contributed by atoms with Crippen molar-refractivity contribution in [2.45, 2.75) is 31.1 Å². The SMILES string of the molecule is CN(C)C(=O)CN1CC2(CCN(C[C@@H]3C[C@H]4C=C[C@H]3C4)CC2)c2cc(F)ccc21. The molecule has 3 atom stereocenters. The molecule has 2 fully saturated rings. The second kappa shape index (κ2) is 7.12. The molecule has 0 radical (unpaired) electrons. The lowest BCUT2D eigenvalue weighted by Crippen LogP contribution is -2.47. The molecular formula is C24H32FN3O. The largest absolute Gasteiger partial charge is 0.361 e. The van der Waals surface area contributed by atoms with Crippen LogP contribution in [0.15, 0.2) is 30.4 Å². The monoisotopic (exact) mass is 397 g/mol. The number of benzene rings is 1. The van der Waals surface area contributed by atoms with Crippen molar-refractivity contribution in [1.29, 1.82) is 0 Å². The van der Waals surface area contributed by atoms with Crippen molar-refractivity contribution in [3.8, 4) is 0 Å². The van der Waals surface area contributed by atoms with Gasteiger partial charge in [0.25, 0.3) is 0 Å². The maximum Gasteiger partial charge on any atom is 0.241 e. The van der Waals surface area contributed by atoms with Gasteiger partial charge in [0.2, 0.25) is 5.91 Å². The minimum Gasteiger partial charge on any atom is -0.361 e. The first kappa shape index (κ1) is 19.1. The quantitative estimate of drug-likeness (QED) is 0.730. The Morgan fingerprint density at radius 3 is 2.66 bits per heavy atom. The normalized spacial score (nSPS) is 29.6. The number of hydrogen-bond donors (Lipinski definition) is 0. The molecule has 0 unspecified atom stereocenters. The van der Waals surface area contributed by atoms with Crippen molar-refractivity contribution in [1.82, 2.24) is 9.80 Å². The summed E-state index contributed by atoms with van der Waals surface area (Å²) < 4.78 is 14.1. The number of carbonyl (C=O) groups is 1. The van der Waals surface area contributed by atoms with E-state index in [-0.39, 0.29) is 17.1 Å². The molecule has 4 nitrogen and oxygen atoms in total. The second-order valence-electron chi connectivity index (χ2n) is 9.93. The third kappa shape index (κ3) is 3.37. The molecule has 2 aliphatic carbocycles. The van der Waals surface area contributed by atoms with E-state index in [2.05, 4.69) is 22.0 Å². The number of allylic oxidation sites excluding steroid dienone is 2. The van der Waals surface area contributed by atoms with Crippen molar-refractivity contribution in [2.75, 3.05) is 51.7 Å². The molecule has 1 aromatic carbocycles. The molecule has 5 rings (SSSR count). The lowest BCUT2D eigenvalue weighted by atomic mass is 9.74. The molecule has 1 saturated carbocycles. The molecule has 2 aliphatic heterocycles. The summed E-state index contributed by atoms with van der Waals surface area (Å²) in [6, 6.07) is 5.13. The van der Waals surface area contributed by atoms with E-state index >= 15 is 0 Å². The van der Waals surface area contributed by atoms with E-state index < -0.39 is 0 Å². The highest BCUT2D eigenvalue weighted by atomic mass is 19.1. The van der Waals surface area contributed by atoms with Crippen LogP contribution in [0.4, 0.5) is 10.1 Å². The lowest BCUT2D eigenvalue weighted by Gasteiger charge is -2.41. The Labute approximate surface area is 173 Å². The first-order valence-corrected chi connectivity index (χ1v) is 11.1. The van der Waals surface area contributed by atoms with Gasteiger partial charge in [0.15, 0.2) is 0 Å². The van der Waals surface area contributed by atoms with E-state index in [1.807, 2.05) is 6.07 Å². The average molecular weight is 398 g/mol. The zero-order chi connectivity index (χ0) is 20.2. The van der Waals surface area contributed by atoms with Gasteiger partial charge < -0.3 is 14.7 Å². The number of amides is 1. The Kier molecular flexibility index (Phi) is 4.69. The Hall–Kier alpha value is -1.88. The topological polar surface area (TPSA) is 26.8 Å². The number of carbonyl (C=O) groups excluding carboxylic acids is 1. The number of likely N-dealkylation sites (tertiary alicyclic amines) is 1. The predicted octanol–water partition coefficient (Wildman–Crippen LogP) is 3.28. The van der Waals surface area contributed by atoms with Crippen LogP contribution in [0, 0.1) is 23.6 Å². The van der Waals surface area contributed by atoms with Crippen molar-refractivity contribution >= 4 is 11.6 Å². The number of hydrogen-bond acceptors (Lipinski definition) is 3. The maximum absolute atomic E-state index is 14.1. The van der Waals surface area contributed by atoms with E-state index in [0.29, 0.717) is 6.54 Å².